The van der Waals surface area contributed by atoms with E-state index in [4.69, 9.17) is 10.00 Å². The van der Waals surface area contributed by atoms with Gasteiger partial charge >= 0.3 is 0 Å². The highest BCUT2D eigenvalue weighted by Crippen LogP contribution is 2.15. The highest BCUT2D eigenvalue weighted by atomic mass is 16.5. The third-order valence-corrected chi connectivity index (χ3v) is 4.22. The van der Waals surface area contributed by atoms with Crippen LogP contribution in [0, 0.1) is 25.2 Å². The third-order valence-electron chi connectivity index (χ3n) is 4.22. The number of amides is 1. The fraction of sp³-hybridized carbons (Fsp3) is 0.450. The molecule has 0 fully saturated rings. The summed E-state index contributed by atoms with van der Waals surface area (Å²) in [6.07, 6.45) is 2.31. The minimum absolute atomic E-state index is 0.0354. The molecule has 6 nitrogen and oxygen atoms in total. The number of benzene rings is 1. The number of aromatic nitrogens is 2. The van der Waals surface area contributed by atoms with Gasteiger partial charge in [-0.2, -0.15) is 10.4 Å². The minimum Gasteiger partial charge on any atom is -0.494 e. The lowest BCUT2D eigenvalue weighted by molar-refractivity contribution is -0.121. The molecule has 0 saturated carbocycles. The highest BCUT2D eigenvalue weighted by molar-refractivity contribution is 5.76. The molecule has 1 aromatic carbocycles. The van der Waals surface area contributed by atoms with Crippen molar-refractivity contribution in [3.8, 4) is 11.8 Å². The number of rotatable bonds is 10. The van der Waals surface area contributed by atoms with E-state index in [1.165, 1.54) is 0 Å². The number of para-hydroxylation sites is 1. The summed E-state index contributed by atoms with van der Waals surface area (Å²) in [7, 11) is 0. The molecule has 6 heteroatoms. The summed E-state index contributed by atoms with van der Waals surface area (Å²) in [5.41, 5.74) is 3.08. The Labute approximate surface area is 154 Å². The van der Waals surface area contributed by atoms with Crippen LogP contribution in [-0.4, -0.2) is 28.8 Å². The predicted molar refractivity (Wildman–Crippen MR) is 99.8 cm³/mol. The maximum absolute atomic E-state index is 12.0. The normalized spacial score (nSPS) is 10.3. The Morgan fingerprint density at radius 3 is 2.81 bits per heavy atom. The number of carbonyl (C=O) groups excluding carboxylic acids is 1. The van der Waals surface area contributed by atoms with Gasteiger partial charge in [0.2, 0.25) is 5.91 Å². The molecular weight excluding hydrogens is 328 g/mol. The van der Waals surface area contributed by atoms with Crippen molar-refractivity contribution in [3.63, 3.8) is 0 Å². The predicted octanol–water partition coefficient (Wildman–Crippen LogP) is 2.93. The zero-order valence-electron chi connectivity index (χ0n) is 15.5. The van der Waals surface area contributed by atoms with E-state index in [-0.39, 0.29) is 5.91 Å². The lowest BCUT2D eigenvalue weighted by Crippen LogP contribution is -2.25. The average Bonchev–Trinajstić information content (AvgIpc) is 2.92. The maximum Gasteiger partial charge on any atom is 0.220 e. The van der Waals surface area contributed by atoms with Gasteiger partial charge in [-0.1, -0.05) is 18.2 Å². The van der Waals surface area contributed by atoms with E-state index in [9.17, 15) is 4.79 Å². The first-order chi connectivity index (χ1) is 12.6. The van der Waals surface area contributed by atoms with Gasteiger partial charge in [0.15, 0.2) is 0 Å². The minimum atomic E-state index is 0.0354. The quantitative estimate of drug-likeness (QED) is 0.665. The van der Waals surface area contributed by atoms with Gasteiger partial charge in [0.05, 0.1) is 31.3 Å². The molecule has 0 unspecified atom stereocenters. The number of carbonyl (C=O) groups is 1. The van der Waals surface area contributed by atoms with E-state index in [0.717, 1.165) is 29.1 Å². The first-order valence-electron chi connectivity index (χ1n) is 8.96. The van der Waals surface area contributed by atoms with Gasteiger partial charge in [0.25, 0.3) is 0 Å². The molecule has 0 aliphatic carbocycles. The summed E-state index contributed by atoms with van der Waals surface area (Å²) in [6, 6.07) is 11.8. The van der Waals surface area contributed by atoms with E-state index in [1.54, 1.807) is 0 Å². The summed E-state index contributed by atoms with van der Waals surface area (Å²) in [6.45, 7) is 5.71. The summed E-state index contributed by atoms with van der Waals surface area (Å²) >= 11 is 0. The number of ether oxygens (including phenoxy) is 1. The van der Waals surface area contributed by atoms with Crippen molar-refractivity contribution in [1.82, 2.24) is 15.1 Å². The van der Waals surface area contributed by atoms with Gasteiger partial charge < -0.3 is 10.1 Å². The highest BCUT2D eigenvalue weighted by Gasteiger charge is 2.12. The van der Waals surface area contributed by atoms with Gasteiger partial charge in [-0.25, -0.2) is 0 Å². The van der Waals surface area contributed by atoms with Crippen LogP contribution >= 0.6 is 0 Å². The van der Waals surface area contributed by atoms with Crippen LogP contribution in [0.25, 0.3) is 0 Å². The monoisotopic (exact) mass is 354 g/mol. The van der Waals surface area contributed by atoms with Gasteiger partial charge in [-0.15, -0.1) is 0 Å². The molecule has 1 heterocycles. The first-order valence-corrected chi connectivity index (χ1v) is 8.96. The smallest absolute Gasteiger partial charge is 0.220 e. The molecule has 0 aliphatic rings. The fourth-order valence-corrected chi connectivity index (χ4v) is 2.80. The zero-order valence-corrected chi connectivity index (χ0v) is 15.5. The van der Waals surface area contributed by atoms with E-state index >= 15 is 0 Å². The summed E-state index contributed by atoms with van der Waals surface area (Å²) in [5, 5.41) is 16.1. The molecule has 1 N–H and O–H groups in total. The fourth-order valence-electron chi connectivity index (χ4n) is 2.80. The summed E-state index contributed by atoms with van der Waals surface area (Å²) in [5.74, 6) is 0.881. The van der Waals surface area contributed by atoms with Crippen LogP contribution in [-0.2, 0) is 17.8 Å². The third kappa shape index (κ3) is 5.92. The molecule has 26 heavy (non-hydrogen) atoms. The van der Waals surface area contributed by atoms with Crippen LogP contribution in [0.5, 0.6) is 5.75 Å². The number of nitrogens with zero attached hydrogens (tertiary/aromatic N) is 3. The van der Waals surface area contributed by atoms with Crippen LogP contribution < -0.4 is 10.1 Å². The van der Waals surface area contributed by atoms with Gasteiger partial charge in [-0.05, 0) is 44.4 Å². The lowest BCUT2D eigenvalue weighted by Gasteiger charge is -2.08. The van der Waals surface area contributed by atoms with Crippen molar-refractivity contribution in [2.24, 2.45) is 0 Å². The maximum atomic E-state index is 12.0. The van der Waals surface area contributed by atoms with E-state index in [1.807, 2.05) is 48.9 Å². The Morgan fingerprint density at radius 1 is 1.31 bits per heavy atom. The SMILES string of the molecule is Cc1nn(CCC#N)c(C)c1CCC(=O)NCCCOc1ccccc1. The lowest BCUT2D eigenvalue weighted by atomic mass is 10.1. The zero-order chi connectivity index (χ0) is 18.8. The van der Waals surface area contributed by atoms with Crippen LogP contribution in [0.1, 0.15) is 36.2 Å². The second kappa shape index (κ2) is 10.2. The van der Waals surface area contributed by atoms with Gasteiger partial charge in [0.1, 0.15) is 5.75 Å². The van der Waals surface area contributed by atoms with Crippen molar-refractivity contribution in [2.45, 2.75) is 46.1 Å². The van der Waals surface area contributed by atoms with Crippen molar-refractivity contribution in [2.75, 3.05) is 13.2 Å². The molecule has 0 bridgehead atoms. The van der Waals surface area contributed by atoms with Crippen LogP contribution in [0.2, 0.25) is 0 Å². The van der Waals surface area contributed by atoms with Crippen LogP contribution in [0.15, 0.2) is 30.3 Å². The van der Waals surface area contributed by atoms with Gasteiger partial charge in [0, 0.05) is 18.7 Å². The molecule has 0 saturated heterocycles. The Morgan fingerprint density at radius 2 is 2.08 bits per heavy atom. The number of hydrogen-bond donors (Lipinski definition) is 1. The second-order valence-electron chi connectivity index (χ2n) is 6.15. The van der Waals surface area contributed by atoms with Crippen LogP contribution in [0.4, 0.5) is 0 Å². The summed E-state index contributed by atoms with van der Waals surface area (Å²) in [4.78, 5) is 12.0. The topological polar surface area (TPSA) is 79.9 Å². The first kappa shape index (κ1) is 19.5. The van der Waals surface area contributed by atoms with E-state index < -0.39 is 0 Å². The Bertz CT molecular complexity index is 747. The molecule has 0 spiro atoms. The standard InChI is InChI=1S/C20H26N4O2/c1-16-19(17(2)24(23-16)14-6-12-21)10-11-20(25)22-13-7-15-26-18-8-4-3-5-9-18/h3-5,8-9H,6-7,10-11,13-15H2,1-2H3,(H,22,25). The Kier molecular flexibility index (Phi) is 7.69. The van der Waals surface area contributed by atoms with Crippen molar-refractivity contribution in [1.29, 1.82) is 5.26 Å². The molecule has 0 aliphatic heterocycles. The number of nitriles is 1. The number of aryl methyl sites for hydroxylation is 2. The van der Waals surface area contributed by atoms with E-state index in [2.05, 4.69) is 16.5 Å². The van der Waals surface area contributed by atoms with Crippen molar-refractivity contribution in [3.05, 3.63) is 47.3 Å². The van der Waals surface area contributed by atoms with Gasteiger partial charge in [-0.3, -0.25) is 9.48 Å². The average molecular weight is 354 g/mol. The molecule has 138 valence electrons. The molecule has 0 radical (unpaired) electrons. The summed E-state index contributed by atoms with van der Waals surface area (Å²) < 4.78 is 7.45. The van der Waals surface area contributed by atoms with Crippen molar-refractivity contribution < 1.29 is 9.53 Å². The molecule has 0 atom stereocenters. The Hall–Kier alpha value is -2.81. The molecule has 1 amide bonds. The number of hydrogen-bond acceptors (Lipinski definition) is 4. The molecule has 1 aromatic heterocycles. The van der Waals surface area contributed by atoms with E-state index in [0.29, 0.717) is 39.0 Å². The van der Waals surface area contributed by atoms with Crippen molar-refractivity contribution >= 4 is 5.91 Å². The molecule has 2 aromatic rings. The van der Waals surface area contributed by atoms with Crippen LogP contribution in [0.3, 0.4) is 0 Å². The second-order valence-corrected chi connectivity index (χ2v) is 6.15. The Balaban J connectivity index is 1.67. The molecular formula is C20H26N4O2. The number of nitrogens with one attached hydrogen (secondary N) is 1. The molecule has 2 rings (SSSR count). The largest absolute Gasteiger partial charge is 0.494 e.